The Morgan fingerprint density at radius 2 is 0.773 bits per heavy atom. The van der Waals surface area contributed by atoms with E-state index in [2.05, 4.69) is 0 Å². The highest BCUT2D eigenvalue weighted by Crippen LogP contribution is 2.44. The van der Waals surface area contributed by atoms with Crippen LogP contribution in [0.25, 0.3) is 0 Å². The zero-order chi connectivity index (χ0) is 16.4. The molecule has 2 heterocycles. The third kappa shape index (κ3) is 2.60. The summed E-state index contributed by atoms with van der Waals surface area (Å²) in [5.41, 5.74) is -0.469. The van der Waals surface area contributed by atoms with Crippen molar-refractivity contribution in [2.24, 2.45) is 10.8 Å². The SMILES string of the molecule is CC(C)(C)C1O[C@@H]2C(O)[C@@H]3OC(C(C)(C)C)O[C@H]3C(O)[C@@H]2O1. The molecule has 2 aliphatic heterocycles. The second-order valence-electron chi connectivity index (χ2n) is 8.78. The van der Waals surface area contributed by atoms with E-state index < -0.39 is 49.2 Å². The summed E-state index contributed by atoms with van der Waals surface area (Å²) in [4.78, 5) is 0. The predicted molar refractivity (Wildman–Crippen MR) is 78.0 cm³/mol. The summed E-state index contributed by atoms with van der Waals surface area (Å²) in [6.45, 7) is 12.0. The van der Waals surface area contributed by atoms with Crippen LogP contribution in [0.5, 0.6) is 0 Å². The number of hydrogen-bond acceptors (Lipinski definition) is 6. The predicted octanol–water partition coefficient (Wildman–Crippen LogP) is 1.03. The average Bonchev–Trinajstić information content (AvgIpc) is 2.99. The standard InChI is InChI=1S/C16H28O6/c1-15(2,3)13-19-9-7(17)11-12(8(18)10(9)20-13)22-14(21-11)16(4,5)6/h7-14,17-18H,1-6H3/t7?,8?,9-,10-,11-,12+,13?,14?/m0/s1. The van der Waals surface area contributed by atoms with Crippen LogP contribution in [0.4, 0.5) is 0 Å². The Balaban J connectivity index is 1.79. The van der Waals surface area contributed by atoms with Crippen molar-refractivity contribution in [1.29, 1.82) is 0 Å². The number of aliphatic hydroxyl groups is 2. The quantitative estimate of drug-likeness (QED) is 0.695. The van der Waals surface area contributed by atoms with Crippen LogP contribution in [0.2, 0.25) is 0 Å². The maximum Gasteiger partial charge on any atom is 0.163 e. The van der Waals surface area contributed by atoms with Crippen molar-refractivity contribution in [3.63, 3.8) is 0 Å². The van der Waals surface area contributed by atoms with Crippen LogP contribution < -0.4 is 0 Å². The highest BCUT2D eigenvalue weighted by atomic mass is 16.8. The molecule has 1 saturated carbocycles. The summed E-state index contributed by atoms with van der Waals surface area (Å²) < 4.78 is 23.5. The van der Waals surface area contributed by atoms with Crippen molar-refractivity contribution in [3.8, 4) is 0 Å². The van der Waals surface area contributed by atoms with Gasteiger partial charge in [0.05, 0.1) is 0 Å². The summed E-state index contributed by atoms with van der Waals surface area (Å²) in [6.07, 6.45) is -5.07. The highest BCUT2D eigenvalue weighted by Gasteiger charge is 2.61. The normalized spacial score (nSPS) is 49.1. The topological polar surface area (TPSA) is 77.4 Å². The van der Waals surface area contributed by atoms with Gasteiger partial charge in [0.15, 0.2) is 12.6 Å². The van der Waals surface area contributed by atoms with Gasteiger partial charge in [0.1, 0.15) is 36.6 Å². The van der Waals surface area contributed by atoms with E-state index in [1.54, 1.807) is 0 Å². The molecule has 3 rings (SSSR count). The van der Waals surface area contributed by atoms with E-state index in [0.29, 0.717) is 0 Å². The van der Waals surface area contributed by atoms with E-state index in [1.165, 1.54) is 0 Å². The molecule has 3 aliphatic rings. The zero-order valence-corrected chi connectivity index (χ0v) is 14.1. The van der Waals surface area contributed by atoms with E-state index in [1.807, 2.05) is 41.5 Å². The van der Waals surface area contributed by atoms with Crippen LogP contribution in [0.3, 0.4) is 0 Å². The first-order chi connectivity index (χ1) is 10.00. The summed E-state index contributed by atoms with van der Waals surface area (Å²) in [7, 11) is 0. The number of fused-ring (bicyclic) bond motifs is 2. The first-order valence-electron chi connectivity index (χ1n) is 7.98. The molecule has 2 saturated heterocycles. The Kier molecular flexibility index (Phi) is 3.87. The second kappa shape index (κ2) is 5.13. The van der Waals surface area contributed by atoms with Crippen LogP contribution in [-0.2, 0) is 18.9 Å². The lowest BCUT2D eigenvalue weighted by Gasteiger charge is -2.38. The fourth-order valence-corrected chi connectivity index (χ4v) is 3.23. The van der Waals surface area contributed by atoms with Crippen molar-refractivity contribution in [2.75, 3.05) is 0 Å². The monoisotopic (exact) mass is 316 g/mol. The van der Waals surface area contributed by atoms with Crippen LogP contribution >= 0.6 is 0 Å². The van der Waals surface area contributed by atoms with Crippen molar-refractivity contribution >= 4 is 0 Å². The van der Waals surface area contributed by atoms with Gasteiger partial charge in [0, 0.05) is 10.8 Å². The largest absolute Gasteiger partial charge is 0.387 e. The smallest absolute Gasteiger partial charge is 0.163 e. The molecule has 0 spiro atoms. The first-order valence-corrected chi connectivity index (χ1v) is 7.98. The van der Waals surface area contributed by atoms with Gasteiger partial charge in [-0.15, -0.1) is 0 Å². The molecule has 0 amide bonds. The Labute approximate surface area is 131 Å². The van der Waals surface area contributed by atoms with Crippen molar-refractivity contribution < 1.29 is 29.2 Å². The summed E-state index contributed by atoms with van der Waals surface area (Å²) >= 11 is 0. The van der Waals surface area contributed by atoms with Crippen molar-refractivity contribution in [1.82, 2.24) is 0 Å². The van der Waals surface area contributed by atoms with Crippen LogP contribution in [-0.4, -0.2) is 59.4 Å². The first kappa shape index (κ1) is 16.6. The molecule has 6 heteroatoms. The maximum absolute atomic E-state index is 10.6. The van der Waals surface area contributed by atoms with E-state index >= 15 is 0 Å². The van der Waals surface area contributed by atoms with Crippen molar-refractivity contribution in [2.45, 2.75) is 90.7 Å². The molecule has 0 aromatic rings. The number of rotatable bonds is 0. The molecule has 3 fully saturated rings. The molecule has 0 aromatic carbocycles. The number of aliphatic hydroxyl groups excluding tert-OH is 2. The fourth-order valence-electron chi connectivity index (χ4n) is 3.23. The van der Waals surface area contributed by atoms with Gasteiger partial charge in [-0.05, 0) is 0 Å². The molecule has 4 unspecified atom stereocenters. The van der Waals surface area contributed by atoms with Gasteiger partial charge < -0.3 is 29.2 Å². The molecule has 128 valence electrons. The highest BCUT2D eigenvalue weighted by molar-refractivity contribution is 5.06. The van der Waals surface area contributed by atoms with Gasteiger partial charge in [-0.3, -0.25) is 0 Å². The van der Waals surface area contributed by atoms with E-state index in [0.717, 1.165) is 0 Å². The molecule has 22 heavy (non-hydrogen) atoms. The van der Waals surface area contributed by atoms with Gasteiger partial charge in [-0.25, -0.2) is 0 Å². The van der Waals surface area contributed by atoms with Crippen LogP contribution in [0.1, 0.15) is 41.5 Å². The van der Waals surface area contributed by atoms with Gasteiger partial charge >= 0.3 is 0 Å². The molecule has 2 N–H and O–H groups in total. The van der Waals surface area contributed by atoms with E-state index in [9.17, 15) is 10.2 Å². The number of ether oxygens (including phenoxy) is 4. The molecule has 0 aromatic heterocycles. The van der Waals surface area contributed by atoms with E-state index in [4.69, 9.17) is 18.9 Å². The van der Waals surface area contributed by atoms with E-state index in [-0.39, 0.29) is 10.8 Å². The third-order valence-electron chi connectivity index (χ3n) is 4.53. The van der Waals surface area contributed by atoms with Gasteiger partial charge in [-0.2, -0.15) is 0 Å². The summed E-state index contributed by atoms with van der Waals surface area (Å²) in [6, 6.07) is 0. The Morgan fingerprint density at radius 3 is 0.955 bits per heavy atom. The molecule has 8 atom stereocenters. The molecular weight excluding hydrogens is 288 g/mol. The molecular formula is C16H28O6. The maximum atomic E-state index is 10.6. The van der Waals surface area contributed by atoms with Gasteiger partial charge in [-0.1, -0.05) is 41.5 Å². The van der Waals surface area contributed by atoms with Crippen molar-refractivity contribution in [3.05, 3.63) is 0 Å². The lowest BCUT2D eigenvalue weighted by atomic mass is 9.85. The lowest BCUT2D eigenvalue weighted by Crippen LogP contribution is -2.61. The minimum absolute atomic E-state index is 0.235. The molecule has 0 radical (unpaired) electrons. The fraction of sp³-hybridized carbons (Fsp3) is 1.00. The molecule has 6 nitrogen and oxygen atoms in total. The van der Waals surface area contributed by atoms with Crippen LogP contribution in [0, 0.1) is 10.8 Å². The number of hydrogen-bond donors (Lipinski definition) is 2. The minimum atomic E-state index is -0.877. The van der Waals surface area contributed by atoms with Gasteiger partial charge in [0.2, 0.25) is 0 Å². The Hall–Kier alpha value is -0.240. The zero-order valence-electron chi connectivity index (χ0n) is 14.1. The lowest BCUT2D eigenvalue weighted by molar-refractivity contribution is -0.166. The second-order valence-corrected chi connectivity index (χ2v) is 8.78. The average molecular weight is 316 g/mol. The van der Waals surface area contributed by atoms with Gasteiger partial charge in [0.25, 0.3) is 0 Å². The molecule has 1 aliphatic carbocycles. The minimum Gasteiger partial charge on any atom is -0.387 e. The Morgan fingerprint density at radius 1 is 0.545 bits per heavy atom. The van der Waals surface area contributed by atoms with Crippen LogP contribution in [0.15, 0.2) is 0 Å². The molecule has 0 bridgehead atoms. The third-order valence-corrected chi connectivity index (χ3v) is 4.53. The summed E-state index contributed by atoms with van der Waals surface area (Å²) in [5.74, 6) is 0. The summed E-state index contributed by atoms with van der Waals surface area (Å²) in [5, 5.41) is 21.2. The Bertz CT molecular complexity index is 361.